The summed E-state index contributed by atoms with van der Waals surface area (Å²) in [5, 5.41) is 12.5. The van der Waals surface area contributed by atoms with Gasteiger partial charge >= 0.3 is 5.97 Å². The minimum atomic E-state index is -0.771. The Morgan fingerprint density at radius 1 is 1.62 bits per heavy atom. The molecule has 0 radical (unpaired) electrons. The first-order valence-corrected chi connectivity index (χ1v) is 4.18. The lowest BCUT2D eigenvalue weighted by molar-refractivity contribution is -0.137. The van der Waals surface area contributed by atoms with E-state index >= 15 is 0 Å². The van der Waals surface area contributed by atoms with Crippen LogP contribution in [0, 0.1) is 6.92 Å². The van der Waals surface area contributed by atoms with E-state index in [0.29, 0.717) is 12.8 Å². The van der Waals surface area contributed by atoms with E-state index in [0.717, 1.165) is 11.6 Å². The second-order valence-electron chi connectivity index (χ2n) is 2.95. The maximum atomic E-state index is 10.2. The van der Waals surface area contributed by atoms with Gasteiger partial charge in [-0.1, -0.05) is 0 Å². The number of hydrogen-bond acceptors (Lipinski definition) is 3. The van der Waals surface area contributed by atoms with Gasteiger partial charge in [-0.15, -0.1) is 0 Å². The molecule has 0 aliphatic heterocycles. The number of rotatable bonds is 4. The van der Waals surface area contributed by atoms with Gasteiger partial charge in [-0.3, -0.25) is 9.48 Å². The average molecular weight is 183 g/mol. The Morgan fingerprint density at radius 3 is 2.77 bits per heavy atom. The van der Waals surface area contributed by atoms with Crippen molar-refractivity contribution in [3.8, 4) is 0 Å². The Balaban J connectivity index is 2.41. The number of aryl methyl sites for hydroxylation is 3. The van der Waals surface area contributed by atoms with Crippen molar-refractivity contribution in [1.82, 2.24) is 14.8 Å². The largest absolute Gasteiger partial charge is 0.481 e. The van der Waals surface area contributed by atoms with Crippen LogP contribution in [0.2, 0.25) is 0 Å². The second-order valence-corrected chi connectivity index (χ2v) is 2.95. The summed E-state index contributed by atoms with van der Waals surface area (Å²) in [6, 6.07) is 0. The zero-order valence-electron chi connectivity index (χ0n) is 7.82. The van der Waals surface area contributed by atoms with Gasteiger partial charge in [0.2, 0.25) is 0 Å². The Hall–Kier alpha value is -1.39. The van der Waals surface area contributed by atoms with Gasteiger partial charge in [0.15, 0.2) is 5.82 Å². The third kappa shape index (κ3) is 2.85. The van der Waals surface area contributed by atoms with E-state index in [9.17, 15) is 4.79 Å². The van der Waals surface area contributed by atoms with E-state index in [-0.39, 0.29) is 6.42 Å². The fraction of sp³-hybridized carbons (Fsp3) is 0.625. The van der Waals surface area contributed by atoms with Crippen molar-refractivity contribution in [3.63, 3.8) is 0 Å². The molecule has 1 heterocycles. The third-order valence-electron chi connectivity index (χ3n) is 1.82. The van der Waals surface area contributed by atoms with Crippen molar-refractivity contribution in [2.75, 3.05) is 0 Å². The number of aliphatic carboxylic acids is 1. The number of nitrogens with zero attached hydrogens (tertiary/aromatic N) is 3. The highest BCUT2D eigenvalue weighted by atomic mass is 16.4. The highest BCUT2D eigenvalue weighted by molar-refractivity contribution is 5.66. The van der Waals surface area contributed by atoms with Crippen LogP contribution in [0.3, 0.4) is 0 Å². The molecule has 1 aromatic rings. The first-order chi connectivity index (χ1) is 6.09. The molecule has 1 aromatic heterocycles. The Bertz CT molecular complexity index is 287. The maximum Gasteiger partial charge on any atom is 0.303 e. The molecule has 0 aliphatic carbocycles. The average Bonchev–Trinajstić information content (AvgIpc) is 2.30. The Labute approximate surface area is 76.4 Å². The summed E-state index contributed by atoms with van der Waals surface area (Å²) in [5.41, 5.74) is 0. The first kappa shape index (κ1) is 9.70. The van der Waals surface area contributed by atoms with Crippen molar-refractivity contribution in [2.24, 2.45) is 7.05 Å². The van der Waals surface area contributed by atoms with Gasteiger partial charge in [0.25, 0.3) is 0 Å². The topological polar surface area (TPSA) is 68.0 Å². The van der Waals surface area contributed by atoms with Crippen LogP contribution in [0.1, 0.15) is 24.5 Å². The molecule has 72 valence electrons. The zero-order valence-corrected chi connectivity index (χ0v) is 7.82. The van der Waals surface area contributed by atoms with Gasteiger partial charge in [-0.2, -0.15) is 5.10 Å². The van der Waals surface area contributed by atoms with Crippen molar-refractivity contribution in [3.05, 3.63) is 11.6 Å². The number of carboxylic acids is 1. The third-order valence-corrected chi connectivity index (χ3v) is 1.82. The molecular formula is C8H13N3O2. The molecule has 0 amide bonds. The Morgan fingerprint density at radius 2 is 2.31 bits per heavy atom. The molecule has 13 heavy (non-hydrogen) atoms. The summed E-state index contributed by atoms with van der Waals surface area (Å²) in [6.07, 6.45) is 1.41. The van der Waals surface area contributed by atoms with Gasteiger partial charge in [-0.05, 0) is 13.3 Å². The summed E-state index contributed by atoms with van der Waals surface area (Å²) in [7, 11) is 1.82. The molecule has 0 bridgehead atoms. The van der Waals surface area contributed by atoms with Crippen LogP contribution < -0.4 is 0 Å². The lowest BCUT2D eigenvalue weighted by Gasteiger charge is -1.91. The molecule has 0 aromatic carbocycles. The van der Waals surface area contributed by atoms with Crippen molar-refractivity contribution < 1.29 is 9.90 Å². The summed E-state index contributed by atoms with van der Waals surface area (Å²) in [4.78, 5) is 14.4. The van der Waals surface area contributed by atoms with Crippen molar-refractivity contribution >= 4 is 5.97 Å². The molecule has 0 unspecified atom stereocenters. The molecule has 1 rings (SSSR count). The van der Waals surface area contributed by atoms with E-state index in [1.165, 1.54) is 0 Å². The molecule has 0 saturated heterocycles. The number of carboxylic acid groups (broad SMARTS) is 1. The minimum Gasteiger partial charge on any atom is -0.481 e. The SMILES string of the molecule is Cc1nc(CCCC(=O)O)nn1C. The predicted molar refractivity (Wildman–Crippen MR) is 46.3 cm³/mol. The number of hydrogen-bond donors (Lipinski definition) is 1. The molecule has 5 heteroatoms. The second kappa shape index (κ2) is 4.02. The molecule has 1 N–H and O–H groups in total. The molecule has 0 spiro atoms. The molecule has 0 aliphatic rings. The van der Waals surface area contributed by atoms with Crippen LogP contribution in [0.5, 0.6) is 0 Å². The van der Waals surface area contributed by atoms with Gasteiger partial charge in [0.1, 0.15) is 5.82 Å². The van der Waals surface area contributed by atoms with Crippen LogP contribution in [-0.4, -0.2) is 25.8 Å². The fourth-order valence-corrected chi connectivity index (χ4v) is 1.03. The highest BCUT2D eigenvalue weighted by Gasteiger charge is 2.03. The Kier molecular flexibility index (Phi) is 3.00. The standard InChI is InChI=1S/C8H13N3O2/c1-6-9-7(10-11(6)2)4-3-5-8(12)13/h3-5H2,1-2H3,(H,12,13). The normalized spacial score (nSPS) is 10.3. The van der Waals surface area contributed by atoms with Crippen LogP contribution >= 0.6 is 0 Å². The van der Waals surface area contributed by atoms with Crippen LogP contribution in [-0.2, 0) is 18.3 Å². The van der Waals surface area contributed by atoms with Crippen LogP contribution in [0.4, 0.5) is 0 Å². The van der Waals surface area contributed by atoms with E-state index in [1.807, 2.05) is 14.0 Å². The summed E-state index contributed by atoms with van der Waals surface area (Å²) >= 11 is 0. The lowest BCUT2D eigenvalue weighted by atomic mass is 10.2. The summed E-state index contributed by atoms with van der Waals surface area (Å²) < 4.78 is 1.69. The molecule has 0 saturated carbocycles. The van der Waals surface area contributed by atoms with Gasteiger partial charge < -0.3 is 5.11 Å². The minimum absolute atomic E-state index is 0.178. The number of carbonyl (C=O) groups is 1. The van der Waals surface area contributed by atoms with Crippen LogP contribution in [0.25, 0.3) is 0 Å². The highest BCUT2D eigenvalue weighted by Crippen LogP contribution is 2.00. The van der Waals surface area contributed by atoms with Gasteiger partial charge in [-0.25, -0.2) is 4.98 Å². The van der Waals surface area contributed by atoms with E-state index in [2.05, 4.69) is 10.1 Å². The van der Waals surface area contributed by atoms with Gasteiger partial charge in [0.05, 0.1) is 0 Å². The quantitative estimate of drug-likeness (QED) is 0.739. The number of aromatic nitrogens is 3. The van der Waals surface area contributed by atoms with Crippen molar-refractivity contribution in [2.45, 2.75) is 26.2 Å². The molecule has 5 nitrogen and oxygen atoms in total. The monoisotopic (exact) mass is 183 g/mol. The van der Waals surface area contributed by atoms with Crippen LogP contribution in [0.15, 0.2) is 0 Å². The summed E-state index contributed by atoms with van der Waals surface area (Å²) in [6.45, 7) is 1.87. The fourth-order valence-electron chi connectivity index (χ4n) is 1.03. The smallest absolute Gasteiger partial charge is 0.303 e. The molecular weight excluding hydrogens is 170 g/mol. The van der Waals surface area contributed by atoms with E-state index in [1.54, 1.807) is 4.68 Å². The van der Waals surface area contributed by atoms with E-state index < -0.39 is 5.97 Å². The molecule has 0 fully saturated rings. The first-order valence-electron chi connectivity index (χ1n) is 4.18. The van der Waals surface area contributed by atoms with Crippen molar-refractivity contribution in [1.29, 1.82) is 0 Å². The summed E-state index contributed by atoms with van der Waals surface area (Å²) in [5.74, 6) is 0.805. The molecule has 0 atom stereocenters. The maximum absolute atomic E-state index is 10.2. The van der Waals surface area contributed by atoms with E-state index in [4.69, 9.17) is 5.11 Å². The predicted octanol–water partition coefficient (Wildman–Crippen LogP) is 0.531. The van der Waals surface area contributed by atoms with Gasteiger partial charge in [0, 0.05) is 19.9 Å². The lowest BCUT2D eigenvalue weighted by Crippen LogP contribution is -1.97. The zero-order chi connectivity index (χ0) is 9.84.